The zero-order valence-corrected chi connectivity index (χ0v) is 5.28. The number of rotatable bonds is 0. The lowest BCUT2D eigenvalue weighted by atomic mass is 10.6. The highest BCUT2D eigenvalue weighted by Gasteiger charge is 2.16. The van der Waals surface area contributed by atoms with Gasteiger partial charge < -0.3 is 8.83 Å². The quantitative estimate of drug-likeness (QED) is 0.472. The van der Waals surface area contributed by atoms with E-state index in [0.29, 0.717) is 0 Å². The van der Waals surface area contributed by atoms with Crippen LogP contribution in [-0.4, -0.2) is 0 Å². The van der Waals surface area contributed by atoms with E-state index in [1.165, 1.54) is 5.56 Å². The number of hydrogen-bond donors (Lipinski definition) is 0. The highest BCUT2D eigenvalue weighted by Crippen LogP contribution is 2.36. The molecule has 1 aromatic rings. The maximum Gasteiger partial charge on any atom is 0.137 e. The lowest BCUT2D eigenvalue weighted by Crippen LogP contribution is -1.51. The Kier molecular flexibility index (Phi) is 1.10. The molecule has 0 aromatic carbocycles. The van der Waals surface area contributed by atoms with Gasteiger partial charge in [-0.05, 0) is 18.2 Å². The van der Waals surface area contributed by atoms with Crippen molar-refractivity contribution in [2.75, 3.05) is 0 Å². The molecule has 50 valence electrons. The third-order valence-corrected chi connectivity index (χ3v) is 1.23. The Hall–Kier alpha value is -1.44. The molecule has 2 nitrogen and oxygen atoms in total. The Balaban J connectivity index is 0.0000000807. The van der Waals surface area contributed by atoms with E-state index in [2.05, 4.69) is 4.42 Å². The molecule has 2 heteroatoms. The summed E-state index contributed by atoms with van der Waals surface area (Å²) in [5, 5.41) is 0. The standard InChI is InChI=1S/C4H2O.C4H4O/c1-3-2-5-4(1)3;1-2-4-5-3-1/h1-2H;1-4H. The van der Waals surface area contributed by atoms with Gasteiger partial charge in [0.25, 0.3) is 0 Å². The van der Waals surface area contributed by atoms with Crippen molar-refractivity contribution >= 4 is 0 Å². The van der Waals surface area contributed by atoms with Crippen molar-refractivity contribution in [1.82, 2.24) is 0 Å². The first kappa shape index (κ1) is 5.35. The topological polar surface area (TPSA) is 26.3 Å². The summed E-state index contributed by atoms with van der Waals surface area (Å²) in [4.78, 5) is 0. The third kappa shape index (κ3) is 0.957. The van der Waals surface area contributed by atoms with Crippen molar-refractivity contribution in [2.45, 2.75) is 0 Å². The first-order valence-corrected chi connectivity index (χ1v) is 3.03. The number of furan rings is 2. The molecule has 0 unspecified atom stereocenters. The summed E-state index contributed by atoms with van der Waals surface area (Å²) >= 11 is 0. The van der Waals surface area contributed by atoms with Crippen LogP contribution in [-0.2, 0) is 0 Å². The fraction of sp³-hybridized carbons (Fsp3) is 0. The second-order valence-electron chi connectivity index (χ2n) is 1.99. The van der Waals surface area contributed by atoms with E-state index in [9.17, 15) is 0 Å². The summed E-state index contributed by atoms with van der Waals surface area (Å²) < 4.78 is 9.29. The van der Waals surface area contributed by atoms with Crippen molar-refractivity contribution in [2.24, 2.45) is 0 Å². The predicted octanol–water partition coefficient (Wildman–Crippen LogP) is 2.54. The molecular formula is C8H6O2. The van der Waals surface area contributed by atoms with Gasteiger partial charge in [0.1, 0.15) is 12.0 Å². The monoisotopic (exact) mass is 134 g/mol. The Bertz CT molecular complexity index is 250. The zero-order chi connectivity index (χ0) is 6.81. The van der Waals surface area contributed by atoms with Crippen LogP contribution in [0.1, 0.15) is 0 Å². The lowest BCUT2D eigenvalue weighted by Gasteiger charge is -1.79. The largest absolute Gasteiger partial charge is 0.473 e. The summed E-state index contributed by atoms with van der Waals surface area (Å²) in [5.41, 5.74) is 1.30. The average molecular weight is 134 g/mol. The molecule has 0 amide bonds. The molecule has 10 heavy (non-hydrogen) atoms. The summed E-state index contributed by atoms with van der Waals surface area (Å²) in [5.74, 6) is 1.09. The Morgan fingerprint density at radius 2 is 1.80 bits per heavy atom. The van der Waals surface area contributed by atoms with E-state index in [1.54, 1.807) is 18.8 Å². The summed E-state index contributed by atoms with van der Waals surface area (Å²) in [6, 6.07) is 5.67. The molecule has 0 bridgehead atoms. The van der Waals surface area contributed by atoms with Gasteiger partial charge in [-0.1, -0.05) is 0 Å². The van der Waals surface area contributed by atoms with Crippen LogP contribution in [0, 0.1) is 0 Å². The number of hydrogen-bond acceptors (Lipinski definition) is 2. The highest BCUT2D eigenvalue weighted by atomic mass is 16.4. The van der Waals surface area contributed by atoms with Gasteiger partial charge in [0.2, 0.25) is 0 Å². The van der Waals surface area contributed by atoms with E-state index in [1.807, 2.05) is 18.2 Å². The molecule has 1 aliphatic heterocycles. The van der Waals surface area contributed by atoms with Crippen molar-refractivity contribution in [3.05, 3.63) is 37.0 Å². The molecular weight excluding hydrogens is 128 g/mol. The first-order chi connectivity index (χ1) is 4.97. The fourth-order valence-corrected chi connectivity index (χ4v) is 0.595. The van der Waals surface area contributed by atoms with Gasteiger partial charge in [-0.2, -0.15) is 0 Å². The van der Waals surface area contributed by atoms with Crippen LogP contribution >= 0.6 is 0 Å². The van der Waals surface area contributed by atoms with Crippen LogP contribution in [0.25, 0.3) is 11.3 Å². The normalized spacial score (nSPS) is 10.0. The minimum atomic E-state index is 1.09. The molecule has 1 aromatic heterocycles. The van der Waals surface area contributed by atoms with E-state index in [4.69, 9.17) is 4.42 Å². The van der Waals surface area contributed by atoms with Gasteiger partial charge in [-0.3, -0.25) is 0 Å². The maximum absolute atomic E-state index is 4.70. The van der Waals surface area contributed by atoms with Crippen molar-refractivity contribution in [1.29, 1.82) is 0 Å². The molecule has 2 heterocycles. The molecule has 0 radical (unpaired) electrons. The Labute approximate surface area is 58.1 Å². The maximum atomic E-state index is 4.70. The van der Waals surface area contributed by atoms with Crippen molar-refractivity contribution < 1.29 is 8.83 Å². The molecule has 2 aliphatic rings. The van der Waals surface area contributed by atoms with Crippen molar-refractivity contribution in [3.8, 4) is 11.3 Å². The molecule has 0 spiro atoms. The smallest absolute Gasteiger partial charge is 0.137 e. The SMILES string of the molecule is c1ccoc1.c1oc2cc1-2. The van der Waals surface area contributed by atoms with E-state index < -0.39 is 0 Å². The molecule has 1 aliphatic carbocycles. The van der Waals surface area contributed by atoms with Crippen LogP contribution in [0.15, 0.2) is 45.8 Å². The summed E-state index contributed by atoms with van der Waals surface area (Å²) in [7, 11) is 0. The van der Waals surface area contributed by atoms with E-state index in [0.717, 1.165) is 5.76 Å². The second kappa shape index (κ2) is 2.06. The highest BCUT2D eigenvalue weighted by molar-refractivity contribution is 5.74. The molecule has 0 saturated carbocycles. The summed E-state index contributed by atoms with van der Waals surface area (Å²) in [6.45, 7) is 0. The molecule has 0 fully saturated rings. The van der Waals surface area contributed by atoms with Gasteiger partial charge >= 0.3 is 0 Å². The van der Waals surface area contributed by atoms with Gasteiger partial charge in [0.05, 0.1) is 18.1 Å². The van der Waals surface area contributed by atoms with Crippen LogP contribution in [0.4, 0.5) is 0 Å². The first-order valence-electron chi connectivity index (χ1n) is 3.03. The van der Waals surface area contributed by atoms with Crippen LogP contribution in [0.2, 0.25) is 0 Å². The van der Waals surface area contributed by atoms with Gasteiger partial charge in [0.15, 0.2) is 0 Å². The summed E-state index contributed by atoms with van der Waals surface area (Å²) in [6.07, 6.45) is 5.00. The molecule has 0 saturated heterocycles. The Morgan fingerprint density at radius 3 is 1.90 bits per heavy atom. The molecule has 0 N–H and O–H groups in total. The molecule has 3 rings (SSSR count). The second-order valence-corrected chi connectivity index (χ2v) is 1.99. The minimum absolute atomic E-state index is 1.09. The fourth-order valence-electron chi connectivity index (χ4n) is 0.595. The van der Waals surface area contributed by atoms with Crippen LogP contribution in [0.3, 0.4) is 0 Å². The Morgan fingerprint density at radius 1 is 1.10 bits per heavy atom. The molecule has 0 atom stereocenters. The van der Waals surface area contributed by atoms with Crippen molar-refractivity contribution in [3.63, 3.8) is 0 Å². The van der Waals surface area contributed by atoms with E-state index in [-0.39, 0.29) is 0 Å². The van der Waals surface area contributed by atoms with Gasteiger partial charge in [-0.15, -0.1) is 0 Å². The van der Waals surface area contributed by atoms with Crippen LogP contribution in [0.5, 0.6) is 0 Å². The predicted molar refractivity (Wildman–Crippen MR) is 36.4 cm³/mol. The van der Waals surface area contributed by atoms with Gasteiger partial charge in [0, 0.05) is 0 Å². The van der Waals surface area contributed by atoms with Crippen LogP contribution < -0.4 is 0 Å². The van der Waals surface area contributed by atoms with E-state index >= 15 is 0 Å². The van der Waals surface area contributed by atoms with Gasteiger partial charge in [-0.25, -0.2) is 0 Å². The lowest BCUT2D eigenvalue weighted by molar-refractivity contribution is 0.556. The minimum Gasteiger partial charge on any atom is -0.473 e. The zero-order valence-electron chi connectivity index (χ0n) is 5.28. The number of fused-ring (bicyclic) bond motifs is 1. The third-order valence-electron chi connectivity index (χ3n) is 1.23. The average Bonchev–Trinajstić information content (AvgIpc) is 2.43.